The smallest absolute Gasteiger partial charge is 0.0711 e. The minimum atomic E-state index is 0.998. The summed E-state index contributed by atoms with van der Waals surface area (Å²) in [6.07, 6.45) is 0. The molecule has 148 valence electrons. The molecule has 0 amide bonds. The largest absolute Gasteiger partial charge is 0.253 e. The molecule has 0 spiro atoms. The number of aromatic nitrogens is 1. The summed E-state index contributed by atoms with van der Waals surface area (Å²) in [4.78, 5) is 4.84. The fraction of sp³-hybridized carbons (Fsp3) is 0.0333. The van der Waals surface area contributed by atoms with E-state index in [1.54, 1.807) is 0 Å². The Morgan fingerprint density at radius 2 is 0.839 bits per heavy atom. The van der Waals surface area contributed by atoms with Crippen LogP contribution in [0.5, 0.6) is 0 Å². The first kappa shape index (κ1) is 19.0. The van der Waals surface area contributed by atoms with Crippen LogP contribution in [0.15, 0.2) is 121 Å². The summed E-state index contributed by atoms with van der Waals surface area (Å²) in [6, 6.07) is 42.7. The molecule has 1 aromatic heterocycles. The van der Waals surface area contributed by atoms with Gasteiger partial charge in [0.15, 0.2) is 0 Å². The average molecular weight is 398 g/mol. The Hall–Kier alpha value is -3.97. The molecule has 0 aliphatic rings. The van der Waals surface area contributed by atoms with E-state index < -0.39 is 0 Å². The van der Waals surface area contributed by atoms with Gasteiger partial charge < -0.3 is 0 Å². The normalized spacial score (nSPS) is 10.7. The van der Waals surface area contributed by atoms with Crippen LogP contribution in [0.4, 0.5) is 0 Å². The second kappa shape index (κ2) is 8.41. The van der Waals surface area contributed by atoms with Crippen LogP contribution in [0.25, 0.3) is 44.6 Å². The highest BCUT2D eigenvalue weighted by Crippen LogP contribution is 2.31. The molecule has 0 radical (unpaired) electrons. The molecule has 0 saturated heterocycles. The van der Waals surface area contributed by atoms with E-state index in [4.69, 9.17) is 4.98 Å². The number of benzene rings is 4. The second-order valence-corrected chi connectivity index (χ2v) is 7.78. The van der Waals surface area contributed by atoms with Crippen molar-refractivity contribution < 1.29 is 0 Å². The Labute approximate surface area is 183 Å². The maximum absolute atomic E-state index is 4.84. The predicted octanol–water partition coefficient (Wildman–Crippen LogP) is 8.06. The first-order chi connectivity index (χ1) is 15.3. The molecule has 31 heavy (non-hydrogen) atoms. The fourth-order valence-corrected chi connectivity index (χ4v) is 3.98. The van der Waals surface area contributed by atoms with E-state index in [-0.39, 0.29) is 0 Å². The number of pyridine rings is 1. The predicted molar refractivity (Wildman–Crippen MR) is 131 cm³/mol. The van der Waals surface area contributed by atoms with Crippen molar-refractivity contribution in [3.8, 4) is 44.6 Å². The average Bonchev–Trinajstić information content (AvgIpc) is 2.85. The number of rotatable bonds is 4. The van der Waals surface area contributed by atoms with Crippen molar-refractivity contribution in [3.63, 3.8) is 0 Å². The monoisotopic (exact) mass is 397 g/mol. The Bertz CT molecular complexity index is 1220. The molecule has 5 rings (SSSR count). The second-order valence-electron chi connectivity index (χ2n) is 7.78. The van der Waals surface area contributed by atoms with Gasteiger partial charge in [-0.05, 0) is 64.6 Å². The topological polar surface area (TPSA) is 12.9 Å². The van der Waals surface area contributed by atoms with Gasteiger partial charge in [0.1, 0.15) is 0 Å². The van der Waals surface area contributed by atoms with Gasteiger partial charge in [-0.2, -0.15) is 0 Å². The summed E-state index contributed by atoms with van der Waals surface area (Å²) in [6.45, 7) is 2.06. The van der Waals surface area contributed by atoms with Crippen LogP contribution < -0.4 is 0 Å². The van der Waals surface area contributed by atoms with Crippen LogP contribution in [0.3, 0.4) is 0 Å². The maximum atomic E-state index is 4.84. The van der Waals surface area contributed by atoms with Gasteiger partial charge in [0.2, 0.25) is 0 Å². The Morgan fingerprint density at radius 1 is 0.387 bits per heavy atom. The number of hydrogen-bond donors (Lipinski definition) is 0. The summed E-state index contributed by atoms with van der Waals surface area (Å²) in [7, 11) is 0. The summed E-state index contributed by atoms with van der Waals surface area (Å²) in [5.74, 6) is 0. The van der Waals surface area contributed by atoms with E-state index in [2.05, 4.69) is 122 Å². The van der Waals surface area contributed by atoms with E-state index in [1.807, 2.05) is 6.07 Å². The van der Waals surface area contributed by atoms with Gasteiger partial charge in [-0.25, -0.2) is 0 Å². The van der Waals surface area contributed by atoms with Crippen molar-refractivity contribution >= 4 is 0 Å². The van der Waals surface area contributed by atoms with E-state index >= 15 is 0 Å². The molecule has 5 aromatic rings. The van der Waals surface area contributed by atoms with Crippen molar-refractivity contribution in [1.82, 2.24) is 4.98 Å². The zero-order chi connectivity index (χ0) is 21.0. The van der Waals surface area contributed by atoms with Gasteiger partial charge >= 0.3 is 0 Å². The zero-order valence-corrected chi connectivity index (χ0v) is 17.5. The minimum Gasteiger partial charge on any atom is -0.253 e. The van der Waals surface area contributed by atoms with Gasteiger partial charge in [-0.15, -0.1) is 0 Å². The lowest BCUT2D eigenvalue weighted by atomic mass is 9.97. The molecule has 0 aliphatic heterocycles. The summed E-state index contributed by atoms with van der Waals surface area (Å²) in [5.41, 5.74) is 10.4. The van der Waals surface area contributed by atoms with Crippen molar-refractivity contribution in [2.45, 2.75) is 6.92 Å². The summed E-state index contributed by atoms with van der Waals surface area (Å²) in [5, 5.41) is 0. The number of nitrogens with zero attached hydrogens (tertiary/aromatic N) is 1. The van der Waals surface area contributed by atoms with Crippen molar-refractivity contribution in [2.75, 3.05) is 0 Å². The quantitative estimate of drug-likeness (QED) is 0.299. The molecule has 0 N–H and O–H groups in total. The van der Waals surface area contributed by atoms with Crippen LogP contribution >= 0.6 is 0 Å². The molecular weight excluding hydrogens is 374 g/mol. The molecule has 0 saturated carbocycles. The highest BCUT2D eigenvalue weighted by atomic mass is 14.7. The fourth-order valence-electron chi connectivity index (χ4n) is 3.98. The lowest BCUT2D eigenvalue weighted by molar-refractivity contribution is 1.21. The molecule has 1 nitrogen and oxygen atoms in total. The summed E-state index contributed by atoms with van der Waals surface area (Å²) < 4.78 is 0. The maximum Gasteiger partial charge on any atom is 0.0711 e. The van der Waals surface area contributed by atoms with Gasteiger partial charge in [0, 0.05) is 11.3 Å². The highest BCUT2D eigenvalue weighted by Gasteiger charge is 2.08. The molecule has 0 bridgehead atoms. The highest BCUT2D eigenvalue weighted by molar-refractivity contribution is 5.77. The standard InChI is InChI=1S/C30H23N/c1-22-18-29(27-16-8-14-25(19-27)23-10-4-2-5-11-23)21-30(31-22)28-17-9-15-26(20-28)24-12-6-3-7-13-24/h2-21H,1H3. The van der Waals surface area contributed by atoms with Crippen molar-refractivity contribution in [3.05, 3.63) is 127 Å². The third kappa shape index (κ3) is 4.17. The Balaban J connectivity index is 1.56. The molecule has 1 heterocycles. The third-order valence-corrected chi connectivity index (χ3v) is 5.52. The van der Waals surface area contributed by atoms with Crippen molar-refractivity contribution in [2.24, 2.45) is 0 Å². The number of hydrogen-bond acceptors (Lipinski definition) is 1. The summed E-state index contributed by atoms with van der Waals surface area (Å²) >= 11 is 0. The van der Waals surface area contributed by atoms with Crippen LogP contribution in [0, 0.1) is 6.92 Å². The molecule has 4 aromatic carbocycles. The number of aryl methyl sites for hydroxylation is 1. The lowest BCUT2D eigenvalue weighted by Gasteiger charge is -2.11. The molecule has 0 unspecified atom stereocenters. The molecule has 1 heteroatoms. The molecule has 0 fully saturated rings. The van der Waals surface area contributed by atoms with Gasteiger partial charge in [-0.1, -0.05) is 97.1 Å². The molecule has 0 atom stereocenters. The van der Waals surface area contributed by atoms with Gasteiger partial charge in [0.05, 0.1) is 5.69 Å². The van der Waals surface area contributed by atoms with Crippen LogP contribution in [0.2, 0.25) is 0 Å². The van der Waals surface area contributed by atoms with Crippen LogP contribution in [-0.4, -0.2) is 4.98 Å². The zero-order valence-electron chi connectivity index (χ0n) is 17.5. The van der Waals surface area contributed by atoms with E-state index in [1.165, 1.54) is 33.4 Å². The van der Waals surface area contributed by atoms with Crippen LogP contribution in [-0.2, 0) is 0 Å². The van der Waals surface area contributed by atoms with Gasteiger partial charge in [0.25, 0.3) is 0 Å². The third-order valence-electron chi connectivity index (χ3n) is 5.52. The van der Waals surface area contributed by atoms with Crippen molar-refractivity contribution in [1.29, 1.82) is 0 Å². The van der Waals surface area contributed by atoms with E-state index in [0.29, 0.717) is 0 Å². The first-order valence-corrected chi connectivity index (χ1v) is 10.6. The minimum absolute atomic E-state index is 0.998. The first-order valence-electron chi connectivity index (χ1n) is 10.6. The van der Waals surface area contributed by atoms with Crippen LogP contribution in [0.1, 0.15) is 5.69 Å². The SMILES string of the molecule is Cc1cc(-c2cccc(-c3ccccc3)c2)cc(-c2cccc(-c3ccccc3)c2)n1. The Kier molecular flexibility index (Phi) is 5.16. The molecule has 0 aliphatic carbocycles. The van der Waals surface area contributed by atoms with E-state index in [9.17, 15) is 0 Å². The van der Waals surface area contributed by atoms with Gasteiger partial charge in [-0.3, -0.25) is 4.98 Å². The Morgan fingerprint density at radius 3 is 1.42 bits per heavy atom. The molecular formula is C30H23N. The lowest BCUT2D eigenvalue weighted by Crippen LogP contribution is -1.91. The van der Waals surface area contributed by atoms with E-state index in [0.717, 1.165) is 17.0 Å².